The Balaban J connectivity index is 2.66. The average Bonchev–Trinajstić information content (AvgIpc) is 2.25. The molecule has 7 nitrogen and oxygen atoms in total. The van der Waals surface area contributed by atoms with Crippen molar-refractivity contribution in [3.8, 4) is 0 Å². The molecule has 20 heavy (non-hydrogen) atoms. The van der Waals surface area contributed by atoms with Crippen LogP contribution in [-0.4, -0.2) is 57.0 Å². The number of quaternary nitrogens is 1. The molecular weight excluding hydrogens is 324 g/mol. The van der Waals surface area contributed by atoms with Gasteiger partial charge in [-0.3, -0.25) is 4.57 Å². The fourth-order valence-corrected chi connectivity index (χ4v) is 5.84. The summed E-state index contributed by atoms with van der Waals surface area (Å²) >= 11 is 4.21. The molecule has 0 aliphatic carbocycles. The Morgan fingerprint density at radius 3 is 2.15 bits per heavy atom. The van der Waals surface area contributed by atoms with E-state index in [4.69, 9.17) is 14.7 Å². The van der Waals surface area contributed by atoms with Crippen molar-refractivity contribution in [3.63, 3.8) is 0 Å². The fraction of sp³-hybridized carbons (Fsp3) is 1.00. The Bertz CT molecular complexity index is 392. The summed E-state index contributed by atoms with van der Waals surface area (Å²) in [5.74, 6) is 0.673. The van der Waals surface area contributed by atoms with Crippen LogP contribution in [0.2, 0.25) is 0 Å². The number of piperidine rings is 1. The molecule has 1 aliphatic heterocycles. The number of likely N-dealkylation sites (tertiary alicyclic amines) is 1. The number of thiol groups is 1. The Hall–Kier alpha value is 0.610. The first kappa shape index (κ1) is 18.7. The molecule has 0 aromatic rings. The molecule has 1 aliphatic rings. The summed E-state index contributed by atoms with van der Waals surface area (Å²) < 4.78 is 23.2. The minimum Gasteiger partial charge on any atom is -0.778 e. The third-order valence-corrected chi connectivity index (χ3v) is 8.03. The SMILES string of the molecule is C[N+]1(CCS)CCC(CC(P(=O)([O-])O)P(=O)(O)O)CC1. The van der Waals surface area contributed by atoms with E-state index in [0.717, 1.165) is 29.9 Å². The van der Waals surface area contributed by atoms with Crippen LogP contribution < -0.4 is 4.89 Å². The highest BCUT2D eigenvalue weighted by atomic mass is 32.1. The van der Waals surface area contributed by atoms with E-state index in [2.05, 4.69) is 19.7 Å². The van der Waals surface area contributed by atoms with Gasteiger partial charge >= 0.3 is 7.60 Å². The molecular formula is C10H23NO6P2S. The topological polar surface area (TPSA) is 118 Å². The first-order valence-electron chi connectivity index (χ1n) is 6.51. The lowest BCUT2D eigenvalue weighted by Gasteiger charge is -2.41. The van der Waals surface area contributed by atoms with Crippen LogP contribution >= 0.6 is 27.8 Å². The molecule has 3 N–H and O–H groups in total. The Morgan fingerprint density at radius 1 is 1.30 bits per heavy atom. The van der Waals surface area contributed by atoms with Crippen molar-refractivity contribution in [2.75, 3.05) is 32.4 Å². The van der Waals surface area contributed by atoms with E-state index in [1.54, 1.807) is 0 Å². The monoisotopic (exact) mass is 347 g/mol. The summed E-state index contributed by atoms with van der Waals surface area (Å²) in [6.07, 6.45) is 1.21. The molecule has 0 bridgehead atoms. The molecule has 1 heterocycles. The summed E-state index contributed by atoms with van der Waals surface area (Å²) in [7, 11) is -7.80. The third kappa shape index (κ3) is 5.43. The molecule has 1 saturated heterocycles. The molecule has 0 amide bonds. The third-order valence-electron chi connectivity index (χ3n) is 4.10. The maximum Gasteiger partial charge on any atom is 0.337 e. The van der Waals surface area contributed by atoms with Gasteiger partial charge in [-0.15, -0.1) is 0 Å². The van der Waals surface area contributed by atoms with Gasteiger partial charge < -0.3 is 28.6 Å². The first-order valence-corrected chi connectivity index (χ1v) is 10.5. The molecule has 2 atom stereocenters. The van der Waals surface area contributed by atoms with Gasteiger partial charge in [0, 0.05) is 5.75 Å². The van der Waals surface area contributed by atoms with Crippen molar-refractivity contribution >= 4 is 27.8 Å². The molecule has 120 valence electrons. The van der Waals surface area contributed by atoms with Crippen molar-refractivity contribution in [1.82, 2.24) is 0 Å². The van der Waals surface area contributed by atoms with E-state index in [1.807, 2.05) is 0 Å². The van der Waals surface area contributed by atoms with Crippen LogP contribution in [0.3, 0.4) is 0 Å². The van der Waals surface area contributed by atoms with Crippen LogP contribution in [-0.2, 0) is 9.13 Å². The predicted octanol–water partition coefficient (Wildman–Crippen LogP) is 0.212. The Kier molecular flexibility index (Phi) is 6.34. The van der Waals surface area contributed by atoms with E-state index < -0.39 is 20.6 Å². The minimum atomic E-state index is -5.04. The van der Waals surface area contributed by atoms with E-state index in [9.17, 15) is 14.0 Å². The van der Waals surface area contributed by atoms with Crippen molar-refractivity contribution < 1.29 is 33.2 Å². The van der Waals surface area contributed by atoms with Gasteiger partial charge in [-0.25, -0.2) is 0 Å². The lowest BCUT2D eigenvalue weighted by molar-refractivity contribution is -0.912. The molecule has 2 unspecified atom stereocenters. The largest absolute Gasteiger partial charge is 0.778 e. The van der Waals surface area contributed by atoms with Gasteiger partial charge in [0.25, 0.3) is 0 Å². The standard InChI is InChI=1S/C10H23NO6P2S/c1-11(6-7-20)4-2-9(3-5-11)8-10(18(12,13)14)19(15,16)17/h9-10H,2-8H2,1H3,(H4-,12,13,14,15,16,17,20). The number of hydrogen-bond acceptors (Lipinski definition) is 4. The summed E-state index contributed by atoms with van der Waals surface area (Å²) in [6.45, 7) is 2.57. The van der Waals surface area contributed by atoms with Crippen LogP contribution in [0.25, 0.3) is 0 Å². The van der Waals surface area contributed by atoms with Gasteiger partial charge in [0.1, 0.15) is 13.0 Å². The molecule has 0 aromatic carbocycles. The molecule has 0 spiro atoms. The highest BCUT2D eigenvalue weighted by Crippen LogP contribution is 2.60. The van der Waals surface area contributed by atoms with Gasteiger partial charge in [0.15, 0.2) is 0 Å². The zero-order valence-electron chi connectivity index (χ0n) is 11.5. The second kappa shape index (κ2) is 6.80. The maximum absolute atomic E-state index is 11.2. The second-order valence-electron chi connectivity index (χ2n) is 5.83. The van der Waals surface area contributed by atoms with Crippen LogP contribution in [0.5, 0.6) is 0 Å². The zero-order valence-corrected chi connectivity index (χ0v) is 14.1. The predicted molar refractivity (Wildman–Crippen MR) is 77.6 cm³/mol. The van der Waals surface area contributed by atoms with Crippen LogP contribution in [0.1, 0.15) is 19.3 Å². The first-order chi connectivity index (χ1) is 8.98. The molecule has 10 heteroatoms. The van der Waals surface area contributed by atoms with Gasteiger partial charge in [0.2, 0.25) is 0 Å². The molecule has 0 aromatic heterocycles. The molecule has 1 fully saturated rings. The molecule has 0 saturated carbocycles. The zero-order chi connectivity index (χ0) is 15.6. The minimum absolute atomic E-state index is 0.0897. The van der Waals surface area contributed by atoms with Gasteiger partial charge in [-0.1, -0.05) is 0 Å². The summed E-state index contributed by atoms with van der Waals surface area (Å²) in [4.78, 5) is 38.4. The van der Waals surface area contributed by atoms with E-state index in [-0.39, 0.29) is 12.3 Å². The van der Waals surface area contributed by atoms with Crippen molar-refractivity contribution in [2.24, 2.45) is 5.92 Å². The maximum atomic E-state index is 11.2. The molecule has 1 rings (SSSR count). The van der Waals surface area contributed by atoms with Gasteiger partial charge in [0.05, 0.1) is 26.7 Å². The van der Waals surface area contributed by atoms with Crippen LogP contribution in [0.15, 0.2) is 0 Å². The smallest absolute Gasteiger partial charge is 0.337 e. The lowest BCUT2D eigenvalue weighted by Crippen LogP contribution is -2.51. The van der Waals surface area contributed by atoms with Crippen molar-refractivity contribution in [2.45, 2.75) is 24.7 Å². The fourth-order valence-electron chi connectivity index (χ4n) is 2.70. The quantitative estimate of drug-likeness (QED) is 0.310. The highest BCUT2D eigenvalue weighted by molar-refractivity contribution is 7.80. The average molecular weight is 347 g/mol. The van der Waals surface area contributed by atoms with Gasteiger partial charge in [-0.05, 0) is 25.2 Å². The summed E-state index contributed by atoms with van der Waals surface area (Å²) in [6, 6.07) is 0. The van der Waals surface area contributed by atoms with Crippen LogP contribution in [0, 0.1) is 5.92 Å². The number of rotatable bonds is 6. The van der Waals surface area contributed by atoms with Gasteiger partial charge in [-0.2, -0.15) is 12.6 Å². The van der Waals surface area contributed by atoms with Crippen molar-refractivity contribution in [3.05, 3.63) is 0 Å². The van der Waals surface area contributed by atoms with Crippen LogP contribution in [0.4, 0.5) is 0 Å². The number of hydrogen-bond donors (Lipinski definition) is 4. The summed E-state index contributed by atoms with van der Waals surface area (Å²) in [5, 5.41) is -1.97. The second-order valence-corrected chi connectivity index (χ2v) is 10.2. The Morgan fingerprint density at radius 2 is 1.80 bits per heavy atom. The van der Waals surface area contributed by atoms with E-state index in [1.165, 1.54) is 0 Å². The Labute approximate surface area is 124 Å². The van der Waals surface area contributed by atoms with E-state index >= 15 is 0 Å². The van der Waals surface area contributed by atoms with Crippen molar-refractivity contribution in [1.29, 1.82) is 0 Å². The highest BCUT2D eigenvalue weighted by Gasteiger charge is 2.40. The summed E-state index contributed by atoms with van der Waals surface area (Å²) in [5.41, 5.74) is 0. The van der Waals surface area contributed by atoms with E-state index in [0.29, 0.717) is 12.8 Å². The normalized spacial score (nSPS) is 32.6. The lowest BCUT2D eigenvalue weighted by atomic mass is 9.93. The molecule has 0 radical (unpaired) electrons. The number of nitrogens with zero attached hydrogens (tertiary/aromatic N) is 1.